The van der Waals surface area contributed by atoms with Gasteiger partial charge in [0.2, 0.25) is 5.28 Å². The second-order valence-corrected chi connectivity index (χ2v) is 3.77. The van der Waals surface area contributed by atoms with Crippen molar-refractivity contribution in [2.75, 3.05) is 19.5 Å². The highest BCUT2D eigenvalue weighted by Gasteiger charge is 2.09. The average molecular weight is 238 g/mol. The SMILES string of the molecule is CNc1nc(Cl)nc2c(C)cc(OC)cc12. The molecule has 2 rings (SSSR count). The second kappa shape index (κ2) is 4.14. The highest BCUT2D eigenvalue weighted by molar-refractivity contribution is 6.28. The Balaban J connectivity index is 2.83. The number of aromatic nitrogens is 2. The van der Waals surface area contributed by atoms with Crippen LogP contribution in [0.4, 0.5) is 5.82 Å². The van der Waals surface area contributed by atoms with Crippen LogP contribution in [0.2, 0.25) is 5.28 Å². The molecule has 0 bridgehead atoms. The van der Waals surface area contributed by atoms with Crippen LogP contribution >= 0.6 is 11.6 Å². The third-order valence-electron chi connectivity index (χ3n) is 2.41. The standard InChI is InChI=1S/C11H12ClN3O/c1-6-4-7(16-3)5-8-9(6)14-11(12)15-10(8)13-2/h4-5H,1-3H3,(H,13,14,15). The minimum atomic E-state index is 0.241. The van der Waals surface area contributed by atoms with Crippen molar-refractivity contribution in [2.45, 2.75) is 6.92 Å². The number of halogens is 1. The molecule has 0 unspecified atom stereocenters. The Kier molecular flexibility index (Phi) is 2.83. The molecule has 0 radical (unpaired) electrons. The quantitative estimate of drug-likeness (QED) is 0.816. The lowest BCUT2D eigenvalue weighted by Crippen LogP contribution is -1.98. The van der Waals surface area contributed by atoms with E-state index in [0.29, 0.717) is 5.82 Å². The Hall–Kier alpha value is -1.55. The van der Waals surface area contributed by atoms with Gasteiger partial charge in [-0.25, -0.2) is 9.97 Å². The number of nitrogens with one attached hydrogen (secondary N) is 1. The smallest absolute Gasteiger partial charge is 0.224 e. The van der Waals surface area contributed by atoms with Gasteiger partial charge in [-0.05, 0) is 36.2 Å². The van der Waals surface area contributed by atoms with Crippen LogP contribution in [-0.2, 0) is 0 Å². The molecule has 1 heterocycles. The molecule has 2 aromatic rings. The summed E-state index contributed by atoms with van der Waals surface area (Å²) in [4.78, 5) is 8.34. The van der Waals surface area contributed by atoms with E-state index in [1.807, 2.05) is 19.1 Å². The summed E-state index contributed by atoms with van der Waals surface area (Å²) >= 11 is 5.85. The highest BCUT2D eigenvalue weighted by atomic mass is 35.5. The number of ether oxygens (including phenoxy) is 1. The van der Waals surface area contributed by atoms with Gasteiger partial charge >= 0.3 is 0 Å². The lowest BCUT2D eigenvalue weighted by molar-refractivity contribution is 0.415. The van der Waals surface area contributed by atoms with Crippen molar-refractivity contribution >= 4 is 28.3 Å². The number of rotatable bonds is 2. The largest absolute Gasteiger partial charge is 0.497 e. The summed E-state index contributed by atoms with van der Waals surface area (Å²) in [5.74, 6) is 1.49. The van der Waals surface area contributed by atoms with Gasteiger partial charge in [0.05, 0.1) is 12.6 Å². The molecular formula is C11H12ClN3O. The molecule has 0 fully saturated rings. The topological polar surface area (TPSA) is 47.0 Å². The maximum atomic E-state index is 5.85. The fourth-order valence-electron chi connectivity index (χ4n) is 1.65. The van der Waals surface area contributed by atoms with Crippen molar-refractivity contribution < 1.29 is 4.74 Å². The van der Waals surface area contributed by atoms with Crippen molar-refractivity contribution in [1.29, 1.82) is 0 Å². The molecule has 0 spiro atoms. The van der Waals surface area contributed by atoms with Crippen LogP contribution in [0.1, 0.15) is 5.56 Å². The number of methoxy groups -OCH3 is 1. The molecule has 0 saturated carbocycles. The molecular weight excluding hydrogens is 226 g/mol. The summed E-state index contributed by atoms with van der Waals surface area (Å²) in [6, 6.07) is 3.82. The predicted octanol–water partition coefficient (Wildman–Crippen LogP) is 2.64. The van der Waals surface area contributed by atoms with E-state index in [-0.39, 0.29) is 5.28 Å². The van der Waals surface area contributed by atoms with Gasteiger partial charge in [0, 0.05) is 12.4 Å². The maximum absolute atomic E-state index is 5.85. The molecule has 4 nitrogen and oxygen atoms in total. The first-order valence-corrected chi connectivity index (χ1v) is 5.23. The van der Waals surface area contributed by atoms with Crippen molar-refractivity contribution in [3.8, 4) is 5.75 Å². The zero-order valence-corrected chi connectivity index (χ0v) is 10.1. The first-order valence-electron chi connectivity index (χ1n) is 4.85. The fourth-order valence-corrected chi connectivity index (χ4v) is 1.82. The molecule has 0 atom stereocenters. The summed E-state index contributed by atoms with van der Waals surface area (Å²) in [6.07, 6.45) is 0. The van der Waals surface area contributed by atoms with Crippen molar-refractivity contribution in [2.24, 2.45) is 0 Å². The van der Waals surface area contributed by atoms with Crippen molar-refractivity contribution in [1.82, 2.24) is 9.97 Å². The summed E-state index contributed by atoms with van der Waals surface area (Å²) in [5.41, 5.74) is 1.85. The summed E-state index contributed by atoms with van der Waals surface area (Å²) in [7, 11) is 3.43. The Morgan fingerprint density at radius 1 is 1.31 bits per heavy atom. The lowest BCUT2D eigenvalue weighted by atomic mass is 10.1. The molecule has 0 aliphatic rings. The Labute approximate surface area is 98.6 Å². The van der Waals surface area contributed by atoms with Crippen LogP contribution in [0.15, 0.2) is 12.1 Å². The molecule has 16 heavy (non-hydrogen) atoms. The van der Waals surface area contributed by atoms with Gasteiger partial charge in [-0.2, -0.15) is 0 Å². The van der Waals surface area contributed by atoms with Gasteiger partial charge in [-0.3, -0.25) is 0 Å². The molecule has 1 aromatic carbocycles. The molecule has 84 valence electrons. The van der Waals surface area contributed by atoms with Gasteiger partial charge < -0.3 is 10.1 Å². The van der Waals surface area contributed by atoms with Crippen molar-refractivity contribution in [3.05, 3.63) is 23.0 Å². The monoisotopic (exact) mass is 237 g/mol. The third-order valence-corrected chi connectivity index (χ3v) is 2.58. The van der Waals surface area contributed by atoms with Crippen LogP contribution in [0.5, 0.6) is 5.75 Å². The Morgan fingerprint density at radius 2 is 2.06 bits per heavy atom. The van der Waals surface area contributed by atoms with Crippen LogP contribution in [0.3, 0.4) is 0 Å². The number of anilines is 1. The van der Waals surface area contributed by atoms with E-state index in [9.17, 15) is 0 Å². The maximum Gasteiger partial charge on any atom is 0.224 e. The number of aryl methyl sites for hydroxylation is 1. The minimum absolute atomic E-state index is 0.241. The van der Waals surface area contributed by atoms with Gasteiger partial charge in [-0.1, -0.05) is 0 Å². The number of hydrogen-bond acceptors (Lipinski definition) is 4. The minimum Gasteiger partial charge on any atom is -0.497 e. The molecule has 0 saturated heterocycles. The summed E-state index contributed by atoms with van der Waals surface area (Å²) in [5, 5.41) is 4.15. The predicted molar refractivity (Wildman–Crippen MR) is 65.4 cm³/mol. The second-order valence-electron chi connectivity index (χ2n) is 3.43. The van der Waals surface area contributed by atoms with E-state index < -0.39 is 0 Å². The van der Waals surface area contributed by atoms with Crippen LogP contribution in [-0.4, -0.2) is 24.1 Å². The van der Waals surface area contributed by atoms with Gasteiger partial charge in [0.25, 0.3) is 0 Å². The number of nitrogens with zero attached hydrogens (tertiary/aromatic N) is 2. The number of hydrogen-bond donors (Lipinski definition) is 1. The number of fused-ring (bicyclic) bond motifs is 1. The lowest BCUT2D eigenvalue weighted by Gasteiger charge is -2.09. The summed E-state index contributed by atoms with van der Waals surface area (Å²) in [6.45, 7) is 1.97. The van der Waals surface area contributed by atoms with Gasteiger partial charge in [0.1, 0.15) is 11.6 Å². The molecule has 1 N–H and O–H groups in total. The number of benzene rings is 1. The molecule has 1 aromatic heterocycles. The summed E-state index contributed by atoms with van der Waals surface area (Å²) < 4.78 is 5.22. The van der Waals surface area contributed by atoms with E-state index in [1.165, 1.54) is 0 Å². The first-order chi connectivity index (χ1) is 7.65. The molecule has 0 aliphatic carbocycles. The zero-order valence-electron chi connectivity index (χ0n) is 9.34. The molecule has 0 amide bonds. The molecule has 5 heteroatoms. The molecule has 0 aliphatic heterocycles. The first kappa shape index (κ1) is 11.0. The van der Waals surface area contributed by atoms with E-state index in [1.54, 1.807) is 14.2 Å². The van der Waals surface area contributed by atoms with E-state index in [4.69, 9.17) is 16.3 Å². The van der Waals surface area contributed by atoms with Crippen LogP contribution in [0, 0.1) is 6.92 Å². The Morgan fingerprint density at radius 3 is 2.69 bits per heavy atom. The van der Waals surface area contributed by atoms with Crippen molar-refractivity contribution in [3.63, 3.8) is 0 Å². The van der Waals surface area contributed by atoms with E-state index in [2.05, 4.69) is 15.3 Å². The third kappa shape index (κ3) is 1.76. The van der Waals surface area contributed by atoms with Gasteiger partial charge in [-0.15, -0.1) is 0 Å². The van der Waals surface area contributed by atoms with Crippen LogP contribution in [0.25, 0.3) is 10.9 Å². The van der Waals surface area contributed by atoms with E-state index in [0.717, 1.165) is 22.2 Å². The van der Waals surface area contributed by atoms with Gasteiger partial charge in [0.15, 0.2) is 0 Å². The highest BCUT2D eigenvalue weighted by Crippen LogP contribution is 2.28. The average Bonchev–Trinajstić information content (AvgIpc) is 2.28. The van der Waals surface area contributed by atoms with E-state index >= 15 is 0 Å². The Bertz CT molecular complexity index is 542. The zero-order chi connectivity index (χ0) is 11.7. The normalized spacial score (nSPS) is 10.5. The van der Waals surface area contributed by atoms with Crippen LogP contribution < -0.4 is 10.1 Å². The fraction of sp³-hybridized carbons (Fsp3) is 0.273.